The summed E-state index contributed by atoms with van der Waals surface area (Å²) in [6.07, 6.45) is -0.236. The molecule has 0 aliphatic carbocycles. The minimum absolute atomic E-state index is 0.236. The molecule has 0 radical (unpaired) electrons. The Balaban J connectivity index is 3.73. The van der Waals surface area contributed by atoms with Gasteiger partial charge in [0.2, 0.25) is 0 Å². The van der Waals surface area contributed by atoms with Gasteiger partial charge in [-0.15, -0.1) is 10.8 Å². The summed E-state index contributed by atoms with van der Waals surface area (Å²) in [6.45, 7) is 3.26. The van der Waals surface area contributed by atoms with E-state index < -0.39 is 17.9 Å². The Labute approximate surface area is 68.1 Å². The molecule has 0 bridgehead atoms. The molecule has 0 heterocycles. The molecule has 5 N–H and O–H groups in total. The van der Waals surface area contributed by atoms with Crippen molar-refractivity contribution in [2.24, 2.45) is 0 Å². The lowest BCUT2D eigenvalue weighted by Gasteiger charge is -2.36. The van der Waals surface area contributed by atoms with E-state index in [2.05, 4.69) is 4.72 Å². The highest BCUT2D eigenvalue weighted by Crippen LogP contribution is 2.38. The maximum absolute atomic E-state index is 9.15. The quantitative estimate of drug-likeness (QED) is 0.384. The van der Waals surface area contributed by atoms with Crippen LogP contribution in [-0.4, -0.2) is 38.0 Å². The van der Waals surface area contributed by atoms with Crippen LogP contribution < -0.4 is 4.72 Å². The third-order valence-electron chi connectivity index (χ3n) is 1.14. The van der Waals surface area contributed by atoms with Gasteiger partial charge in [-0.3, -0.25) is 9.11 Å². The zero-order chi connectivity index (χ0) is 9.07. The molecule has 7 heteroatoms. The van der Waals surface area contributed by atoms with Gasteiger partial charge in [0.25, 0.3) is 0 Å². The van der Waals surface area contributed by atoms with Crippen LogP contribution in [0.15, 0.2) is 0 Å². The van der Waals surface area contributed by atoms with Crippen molar-refractivity contribution in [3.8, 4) is 0 Å². The van der Waals surface area contributed by atoms with E-state index in [-0.39, 0.29) is 11.7 Å². The lowest BCUT2D eigenvalue weighted by molar-refractivity contribution is 0.399. The van der Waals surface area contributed by atoms with E-state index in [1.165, 1.54) is 0 Å². The molecule has 0 saturated heterocycles. The van der Waals surface area contributed by atoms with Crippen LogP contribution in [0.5, 0.6) is 0 Å². The summed E-state index contributed by atoms with van der Waals surface area (Å²) < 4.78 is 20.5. The molecule has 0 aromatic rings. The van der Waals surface area contributed by atoms with Crippen molar-refractivity contribution in [3.05, 3.63) is 0 Å². The maximum atomic E-state index is 9.15. The van der Waals surface area contributed by atoms with E-state index in [1.807, 2.05) is 0 Å². The fraction of sp³-hybridized carbons (Fsp3) is 1.00. The molecule has 0 fully saturated rings. The Morgan fingerprint density at radius 3 is 2.09 bits per heavy atom. The first-order chi connectivity index (χ1) is 4.86. The average molecular weight is 183 g/mol. The van der Waals surface area contributed by atoms with Crippen molar-refractivity contribution in [2.75, 3.05) is 6.44 Å². The second-order valence-electron chi connectivity index (χ2n) is 2.47. The van der Waals surface area contributed by atoms with Gasteiger partial charge in [-0.25, -0.2) is 4.72 Å². The number of hydrogen-bond donors (Lipinski definition) is 5. The van der Waals surface area contributed by atoms with Gasteiger partial charge >= 0.3 is 7.12 Å². The van der Waals surface area contributed by atoms with Crippen molar-refractivity contribution in [3.63, 3.8) is 0 Å². The molecule has 0 aliphatic heterocycles. The van der Waals surface area contributed by atoms with E-state index in [4.69, 9.17) is 19.2 Å². The average Bonchev–Trinajstić information content (AvgIpc) is 1.84. The van der Waals surface area contributed by atoms with Gasteiger partial charge in [0.05, 0.1) is 5.25 Å². The molecule has 0 rings (SSSR count). The Morgan fingerprint density at radius 2 is 1.82 bits per heavy atom. The molecule has 5 nitrogen and oxygen atoms in total. The van der Waals surface area contributed by atoms with Crippen LogP contribution in [0.1, 0.15) is 13.8 Å². The summed E-state index contributed by atoms with van der Waals surface area (Å²) >= 11 is 0. The maximum Gasteiger partial charge on any atom is 0.468 e. The predicted molar refractivity (Wildman–Crippen MR) is 46.2 cm³/mol. The minimum atomic E-state index is -2.86. The van der Waals surface area contributed by atoms with Gasteiger partial charge in [-0.2, -0.15) is 0 Å². The fourth-order valence-electron chi connectivity index (χ4n) is 0.364. The number of nitrogens with one attached hydrogen (secondary N) is 1. The van der Waals surface area contributed by atoms with E-state index in [0.717, 1.165) is 0 Å². The highest BCUT2D eigenvalue weighted by molar-refractivity contribution is 8.23. The normalized spacial score (nSPS) is 13.7. The topological polar surface area (TPSA) is 93.0 Å². The van der Waals surface area contributed by atoms with Crippen molar-refractivity contribution in [1.82, 2.24) is 4.72 Å². The van der Waals surface area contributed by atoms with E-state index >= 15 is 0 Å². The predicted octanol–water partition coefficient (Wildman–Crippen LogP) is -0.338. The summed E-state index contributed by atoms with van der Waals surface area (Å²) in [5.41, 5.74) is 0. The lowest BCUT2D eigenvalue weighted by atomic mass is 9.94. The Kier molecular flexibility index (Phi) is 4.38. The van der Waals surface area contributed by atoms with Gasteiger partial charge in [0.1, 0.15) is 0 Å². The van der Waals surface area contributed by atoms with E-state index in [1.54, 1.807) is 13.8 Å². The van der Waals surface area contributed by atoms with E-state index in [0.29, 0.717) is 0 Å². The Bertz CT molecular complexity index is 121. The van der Waals surface area contributed by atoms with Gasteiger partial charge in [-0.05, 0) is 13.8 Å². The summed E-state index contributed by atoms with van der Waals surface area (Å²) in [5, 5.41) is 16.4. The number of hydrogen-bond acceptors (Lipinski definition) is 5. The minimum Gasteiger partial charge on any atom is -0.426 e. The summed E-state index contributed by atoms with van der Waals surface area (Å²) in [4.78, 5) is 0. The van der Waals surface area contributed by atoms with E-state index in [9.17, 15) is 0 Å². The second-order valence-corrected chi connectivity index (χ2v) is 4.89. The van der Waals surface area contributed by atoms with Gasteiger partial charge in [0.15, 0.2) is 0 Å². The third-order valence-corrected chi connectivity index (χ3v) is 3.04. The summed E-state index contributed by atoms with van der Waals surface area (Å²) in [5.74, 6) is 0. The molecular formula is C4H14BNO4S. The fourth-order valence-corrected chi connectivity index (χ4v) is 1.09. The van der Waals surface area contributed by atoms with Gasteiger partial charge in [-0.1, -0.05) is 0 Å². The molecule has 0 amide bonds. The van der Waals surface area contributed by atoms with Crippen molar-refractivity contribution >= 4 is 17.9 Å². The van der Waals surface area contributed by atoms with Crippen molar-refractivity contribution in [2.45, 2.75) is 19.1 Å². The molecule has 0 unspecified atom stereocenters. The van der Waals surface area contributed by atoms with Crippen LogP contribution in [0.3, 0.4) is 0 Å². The van der Waals surface area contributed by atoms with Crippen LogP contribution in [0, 0.1) is 0 Å². The smallest absolute Gasteiger partial charge is 0.426 e. The number of rotatable bonds is 4. The lowest BCUT2D eigenvalue weighted by Crippen LogP contribution is -2.35. The first-order valence-corrected chi connectivity index (χ1v) is 4.85. The molecule has 0 spiro atoms. The van der Waals surface area contributed by atoms with Crippen LogP contribution in [0.25, 0.3) is 0 Å². The van der Waals surface area contributed by atoms with Gasteiger partial charge in [0, 0.05) is 6.44 Å². The van der Waals surface area contributed by atoms with Crippen molar-refractivity contribution in [1.29, 1.82) is 0 Å². The molecule has 68 valence electrons. The first-order valence-electron chi connectivity index (χ1n) is 3.24. The second kappa shape index (κ2) is 4.29. The molecule has 0 aromatic carbocycles. The SMILES string of the molecule is CC(C)S(O)(O)NCB(O)O. The Hall–Kier alpha value is 0.215. The molecule has 11 heavy (non-hydrogen) atoms. The standard InChI is InChI=1S/C4H14BNO4S/c1-4(2)11(9,10)6-3-5(7)8/h4,6-10H,3H2,1-2H3. The summed E-state index contributed by atoms with van der Waals surface area (Å²) in [7, 11) is -4.42. The molecular weight excluding hydrogens is 169 g/mol. The first kappa shape index (κ1) is 11.2. The van der Waals surface area contributed by atoms with Crippen LogP contribution in [0.4, 0.5) is 0 Å². The third kappa shape index (κ3) is 4.62. The molecule has 0 atom stereocenters. The zero-order valence-electron chi connectivity index (χ0n) is 6.56. The summed E-state index contributed by atoms with van der Waals surface area (Å²) in [6, 6.07) is 0. The Morgan fingerprint density at radius 1 is 1.36 bits per heavy atom. The monoisotopic (exact) mass is 183 g/mol. The molecule has 0 saturated carbocycles. The zero-order valence-corrected chi connectivity index (χ0v) is 7.38. The highest BCUT2D eigenvalue weighted by atomic mass is 32.3. The largest absolute Gasteiger partial charge is 0.468 e. The van der Waals surface area contributed by atoms with Gasteiger partial charge < -0.3 is 10.0 Å². The highest BCUT2D eigenvalue weighted by Gasteiger charge is 2.18. The van der Waals surface area contributed by atoms with Crippen LogP contribution >= 0.6 is 10.8 Å². The van der Waals surface area contributed by atoms with Crippen LogP contribution in [0.2, 0.25) is 0 Å². The van der Waals surface area contributed by atoms with Crippen molar-refractivity contribution < 1.29 is 19.2 Å². The molecule has 0 aliphatic rings. The van der Waals surface area contributed by atoms with Crippen LogP contribution in [-0.2, 0) is 0 Å². The molecule has 0 aromatic heterocycles.